The standard InChI is InChI=1S/C31H32BN5O/c1-3-22-6-17-30(33-19-22)35-27-11-15-29(16-12-27)37(31(38)18-23-4-9-26(32)10-5-23)28-13-7-24(8-14-28)25-20-34-36(2)21-25/h1,4-10,13-14,17,19-21,27,29H,11-12,15-16,18,32H2,2H3,(H,33,35). The van der Waals surface area contributed by atoms with Crippen LogP contribution in [0.3, 0.4) is 0 Å². The molecule has 190 valence electrons. The van der Waals surface area contributed by atoms with Gasteiger partial charge in [0, 0.05) is 48.3 Å². The van der Waals surface area contributed by atoms with Crippen molar-refractivity contribution in [2.45, 2.75) is 44.2 Å². The molecule has 1 amide bonds. The van der Waals surface area contributed by atoms with E-state index in [-0.39, 0.29) is 11.9 Å². The summed E-state index contributed by atoms with van der Waals surface area (Å²) in [6, 6.07) is 20.8. The number of nitrogens with zero attached hydrogens (tertiary/aromatic N) is 4. The van der Waals surface area contributed by atoms with E-state index in [1.807, 2.05) is 36.5 Å². The van der Waals surface area contributed by atoms with E-state index in [2.05, 4.69) is 77.7 Å². The fraction of sp³-hybridized carbons (Fsp3) is 0.258. The molecule has 6 nitrogen and oxygen atoms in total. The number of pyridine rings is 1. The maximum absolute atomic E-state index is 13.8. The lowest BCUT2D eigenvalue weighted by Gasteiger charge is -2.37. The van der Waals surface area contributed by atoms with Gasteiger partial charge in [-0.05, 0) is 61.1 Å². The second-order valence-corrected chi connectivity index (χ2v) is 10.1. The van der Waals surface area contributed by atoms with E-state index < -0.39 is 0 Å². The molecule has 0 aliphatic heterocycles. The summed E-state index contributed by atoms with van der Waals surface area (Å²) >= 11 is 0. The lowest BCUT2D eigenvalue weighted by Crippen LogP contribution is -2.45. The van der Waals surface area contributed by atoms with Crippen LogP contribution in [-0.4, -0.2) is 40.6 Å². The number of anilines is 2. The Balaban J connectivity index is 1.32. The van der Waals surface area contributed by atoms with Gasteiger partial charge in [-0.15, -0.1) is 6.42 Å². The Bertz CT molecular complexity index is 1410. The van der Waals surface area contributed by atoms with Gasteiger partial charge in [0.25, 0.3) is 0 Å². The predicted molar refractivity (Wildman–Crippen MR) is 156 cm³/mol. The summed E-state index contributed by atoms with van der Waals surface area (Å²) in [4.78, 5) is 20.2. The van der Waals surface area contributed by atoms with Crippen molar-refractivity contribution in [3.63, 3.8) is 0 Å². The highest BCUT2D eigenvalue weighted by molar-refractivity contribution is 6.32. The first-order chi connectivity index (χ1) is 18.5. The van der Waals surface area contributed by atoms with Crippen molar-refractivity contribution in [2.75, 3.05) is 10.2 Å². The lowest BCUT2D eigenvalue weighted by molar-refractivity contribution is -0.118. The number of terminal acetylenes is 1. The number of hydrogen-bond acceptors (Lipinski definition) is 4. The number of benzene rings is 2. The van der Waals surface area contributed by atoms with Crippen molar-refractivity contribution < 1.29 is 4.79 Å². The highest BCUT2D eigenvalue weighted by Crippen LogP contribution is 2.31. The SMILES string of the molecule is Bc1ccc(CC(=O)N(c2ccc(-c3cnn(C)c3)cc2)C2CCC(Nc3ccc(C#C)cn3)CC2)cc1. The normalized spacial score (nSPS) is 16.9. The summed E-state index contributed by atoms with van der Waals surface area (Å²) in [6.07, 6.45) is 15.2. The fourth-order valence-corrected chi connectivity index (χ4v) is 5.16. The third-order valence-electron chi connectivity index (χ3n) is 7.27. The molecular weight excluding hydrogens is 469 g/mol. The number of aromatic nitrogens is 3. The molecule has 1 N–H and O–H groups in total. The number of rotatable bonds is 7. The van der Waals surface area contributed by atoms with Gasteiger partial charge in [-0.1, -0.05) is 47.8 Å². The second kappa shape index (κ2) is 11.4. The van der Waals surface area contributed by atoms with Crippen LogP contribution in [0.1, 0.15) is 36.8 Å². The van der Waals surface area contributed by atoms with E-state index in [1.54, 1.807) is 10.9 Å². The summed E-state index contributed by atoms with van der Waals surface area (Å²) in [6.45, 7) is 0. The fourth-order valence-electron chi connectivity index (χ4n) is 5.16. The average Bonchev–Trinajstić information content (AvgIpc) is 3.38. The summed E-state index contributed by atoms with van der Waals surface area (Å²) in [5, 5.41) is 7.83. The Morgan fingerprint density at radius 1 is 1.03 bits per heavy atom. The second-order valence-electron chi connectivity index (χ2n) is 10.1. The van der Waals surface area contributed by atoms with Gasteiger partial charge in [0.1, 0.15) is 13.7 Å². The maximum Gasteiger partial charge on any atom is 0.231 e. The Hall–Kier alpha value is -4.31. The number of aryl methyl sites for hydroxylation is 1. The largest absolute Gasteiger partial charge is 0.367 e. The molecule has 5 rings (SSSR count). The molecule has 4 aromatic rings. The van der Waals surface area contributed by atoms with Crippen LogP contribution in [0.4, 0.5) is 11.5 Å². The number of carbonyl (C=O) groups excluding carboxylic acids is 1. The number of carbonyl (C=O) groups is 1. The molecule has 1 aliphatic carbocycles. The van der Waals surface area contributed by atoms with Crippen LogP contribution in [0, 0.1) is 12.3 Å². The van der Waals surface area contributed by atoms with Gasteiger partial charge in [0.05, 0.1) is 12.6 Å². The Morgan fingerprint density at radius 2 is 1.76 bits per heavy atom. The summed E-state index contributed by atoms with van der Waals surface area (Å²) < 4.78 is 1.80. The van der Waals surface area contributed by atoms with Gasteiger partial charge in [-0.2, -0.15) is 5.10 Å². The molecule has 2 aromatic carbocycles. The summed E-state index contributed by atoms with van der Waals surface area (Å²) in [5.41, 5.74) is 6.10. The van der Waals surface area contributed by atoms with Gasteiger partial charge < -0.3 is 10.2 Å². The minimum atomic E-state index is 0.130. The zero-order chi connectivity index (χ0) is 26.5. The minimum Gasteiger partial charge on any atom is -0.367 e. The molecule has 0 saturated heterocycles. The first-order valence-electron chi connectivity index (χ1n) is 13.1. The topological polar surface area (TPSA) is 63.1 Å². The molecule has 0 spiro atoms. The van der Waals surface area contributed by atoms with Gasteiger partial charge in [-0.25, -0.2) is 4.98 Å². The van der Waals surface area contributed by atoms with Gasteiger partial charge >= 0.3 is 0 Å². The smallest absolute Gasteiger partial charge is 0.231 e. The zero-order valence-electron chi connectivity index (χ0n) is 22.0. The Morgan fingerprint density at radius 3 is 2.37 bits per heavy atom. The van der Waals surface area contributed by atoms with Crippen LogP contribution >= 0.6 is 0 Å². The molecule has 1 saturated carbocycles. The summed E-state index contributed by atoms with van der Waals surface area (Å²) in [7, 11) is 3.98. The molecule has 0 bridgehead atoms. The van der Waals surface area contributed by atoms with Crippen LogP contribution in [0.5, 0.6) is 0 Å². The molecule has 2 aromatic heterocycles. The monoisotopic (exact) mass is 501 g/mol. The van der Waals surface area contributed by atoms with E-state index in [9.17, 15) is 4.79 Å². The van der Waals surface area contributed by atoms with E-state index in [0.717, 1.165) is 59.4 Å². The van der Waals surface area contributed by atoms with Crippen molar-refractivity contribution in [1.29, 1.82) is 0 Å². The van der Waals surface area contributed by atoms with Crippen LogP contribution in [0.2, 0.25) is 0 Å². The van der Waals surface area contributed by atoms with Crippen molar-refractivity contribution in [1.82, 2.24) is 14.8 Å². The molecule has 1 aliphatic rings. The highest BCUT2D eigenvalue weighted by Gasteiger charge is 2.30. The van der Waals surface area contributed by atoms with Crippen LogP contribution in [0.15, 0.2) is 79.3 Å². The Labute approximate surface area is 225 Å². The molecule has 38 heavy (non-hydrogen) atoms. The van der Waals surface area contributed by atoms with E-state index in [1.165, 1.54) is 5.46 Å². The number of nitrogens with one attached hydrogen (secondary N) is 1. The van der Waals surface area contributed by atoms with Gasteiger partial charge in [-0.3, -0.25) is 9.48 Å². The molecule has 1 fully saturated rings. The molecule has 0 radical (unpaired) electrons. The summed E-state index contributed by atoms with van der Waals surface area (Å²) in [5.74, 6) is 3.57. The zero-order valence-corrected chi connectivity index (χ0v) is 22.0. The van der Waals surface area contributed by atoms with Crippen LogP contribution in [-0.2, 0) is 18.3 Å². The van der Waals surface area contributed by atoms with Crippen LogP contribution in [0.25, 0.3) is 11.1 Å². The van der Waals surface area contributed by atoms with Crippen molar-refractivity contribution in [3.8, 4) is 23.5 Å². The highest BCUT2D eigenvalue weighted by atomic mass is 16.2. The van der Waals surface area contributed by atoms with E-state index in [4.69, 9.17) is 6.42 Å². The molecule has 7 heteroatoms. The lowest BCUT2D eigenvalue weighted by atomic mass is 9.89. The van der Waals surface area contributed by atoms with Gasteiger partial charge in [0.15, 0.2) is 0 Å². The predicted octanol–water partition coefficient (Wildman–Crippen LogP) is 3.72. The van der Waals surface area contributed by atoms with Crippen molar-refractivity contribution in [2.24, 2.45) is 7.05 Å². The third kappa shape index (κ3) is 5.98. The Kier molecular flexibility index (Phi) is 7.60. The molecular formula is C31H32BN5O. The van der Waals surface area contributed by atoms with Crippen molar-refractivity contribution in [3.05, 3.63) is 90.4 Å². The van der Waals surface area contributed by atoms with Gasteiger partial charge in [0.2, 0.25) is 5.91 Å². The maximum atomic E-state index is 13.8. The average molecular weight is 501 g/mol. The third-order valence-corrected chi connectivity index (χ3v) is 7.27. The molecule has 0 atom stereocenters. The van der Waals surface area contributed by atoms with E-state index >= 15 is 0 Å². The molecule has 0 unspecified atom stereocenters. The van der Waals surface area contributed by atoms with E-state index in [0.29, 0.717) is 12.5 Å². The van der Waals surface area contributed by atoms with Crippen LogP contribution < -0.4 is 15.7 Å². The minimum absolute atomic E-state index is 0.130. The first kappa shape index (κ1) is 25.3. The quantitative estimate of drug-likeness (QED) is 0.310. The first-order valence-corrected chi connectivity index (χ1v) is 13.1. The number of amides is 1. The number of hydrogen-bond donors (Lipinski definition) is 1. The van der Waals surface area contributed by atoms with Crippen molar-refractivity contribution >= 4 is 30.7 Å². The molecule has 2 heterocycles.